The molecule has 0 aliphatic carbocycles. The standard InChI is InChI=1S/C13H22N2O5/c1-2-3-9-4-6-15(7-5-9)13(20)14-10(12(18)19)8-11(16)17/h9-10H,2-8H2,1H3,(H,14,20)(H,16,17)(H,18,19)/t10-/m0/s1. The quantitative estimate of drug-likeness (QED) is 0.678. The summed E-state index contributed by atoms with van der Waals surface area (Å²) >= 11 is 0. The van der Waals surface area contributed by atoms with Crippen LogP contribution in [0.5, 0.6) is 0 Å². The molecule has 1 rings (SSSR count). The number of piperidine rings is 1. The van der Waals surface area contributed by atoms with E-state index in [4.69, 9.17) is 10.2 Å². The van der Waals surface area contributed by atoms with Gasteiger partial charge in [0.25, 0.3) is 0 Å². The summed E-state index contributed by atoms with van der Waals surface area (Å²) in [5.41, 5.74) is 0. The van der Waals surface area contributed by atoms with Gasteiger partial charge in [0.1, 0.15) is 6.04 Å². The van der Waals surface area contributed by atoms with Gasteiger partial charge in [0.2, 0.25) is 0 Å². The number of amides is 2. The summed E-state index contributed by atoms with van der Waals surface area (Å²) in [7, 11) is 0. The minimum absolute atomic E-state index is 0.492. The third kappa shape index (κ3) is 5.07. The lowest BCUT2D eigenvalue weighted by molar-refractivity contribution is -0.145. The summed E-state index contributed by atoms with van der Waals surface area (Å²) in [6.07, 6.45) is 3.48. The van der Waals surface area contributed by atoms with Crippen LogP contribution in [0, 0.1) is 5.92 Å². The Kier molecular flexibility index (Phi) is 6.27. The largest absolute Gasteiger partial charge is 0.481 e. The normalized spacial score (nSPS) is 17.6. The van der Waals surface area contributed by atoms with Crippen LogP contribution in [0.1, 0.15) is 39.0 Å². The Balaban J connectivity index is 2.45. The molecule has 1 fully saturated rings. The van der Waals surface area contributed by atoms with Crippen molar-refractivity contribution in [2.75, 3.05) is 13.1 Å². The SMILES string of the molecule is CCCC1CCN(C(=O)N[C@@H](CC(=O)O)C(=O)O)CC1. The van der Waals surface area contributed by atoms with Crippen LogP contribution in [-0.2, 0) is 9.59 Å². The molecule has 2 amide bonds. The van der Waals surface area contributed by atoms with Gasteiger partial charge in [-0.2, -0.15) is 0 Å². The molecule has 0 bridgehead atoms. The molecule has 1 aliphatic rings. The molecule has 1 atom stereocenters. The predicted molar refractivity (Wildman–Crippen MR) is 71.4 cm³/mol. The Morgan fingerprint density at radius 2 is 1.85 bits per heavy atom. The second-order valence-electron chi connectivity index (χ2n) is 5.16. The molecule has 0 aromatic carbocycles. The van der Waals surface area contributed by atoms with Crippen LogP contribution >= 0.6 is 0 Å². The zero-order valence-corrected chi connectivity index (χ0v) is 11.7. The fourth-order valence-corrected chi connectivity index (χ4v) is 2.45. The molecular weight excluding hydrogens is 264 g/mol. The van der Waals surface area contributed by atoms with Gasteiger partial charge in [0, 0.05) is 13.1 Å². The maximum absolute atomic E-state index is 11.9. The van der Waals surface area contributed by atoms with Crippen molar-refractivity contribution in [2.45, 2.75) is 45.1 Å². The predicted octanol–water partition coefficient (Wildman–Crippen LogP) is 1.14. The monoisotopic (exact) mass is 286 g/mol. The third-order valence-corrected chi connectivity index (χ3v) is 3.57. The highest BCUT2D eigenvalue weighted by Gasteiger charge is 2.27. The highest BCUT2D eigenvalue weighted by Crippen LogP contribution is 2.21. The Hall–Kier alpha value is -1.79. The van der Waals surface area contributed by atoms with Gasteiger partial charge in [0.15, 0.2) is 0 Å². The molecular formula is C13H22N2O5. The Labute approximate surface area is 117 Å². The second-order valence-corrected chi connectivity index (χ2v) is 5.16. The summed E-state index contributed by atoms with van der Waals surface area (Å²) in [6, 6.07) is -1.87. The van der Waals surface area contributed by atoms with Gasteiger partial charge in [-0.15, -0.1) is 0 Å². The molecule has 1 aliphatic heterocycles. The van der Waals surface area contributed by atoms with E-state index in [0.29, 0.717) is 19.0 Å². The number of carbonyl (C=O) groups is 3. The Morgan fingerprint density at radius 1 is 1.25 bits per heavy atom. The minimum Gasteiger partial charge on any atom is -0.481 e. The van der Waals surface area contributed by atoms with E-state index in [-0.39, 0.29) is 0 Å². The first-order valence-corrected chi connectivity index (χ1v) is 6.94. The van der Waals surface area contributed by atoms with Crippen LogP contribution in [0.25, 0.3) is 0 Å². The first-order chi connectivity index (χ1) is 9.43. The second kappa shape index (κ2) is 7.72. The van der Waals surface area contributed by atoms with Crippen molar-refractivity contribution < 1.29 is 24.6 Å². The Morgan fingerprint density at radius 3 is 2.30 bits per heavy atom. The van der Waals surface area contributed by atoms with E-state index in [2.05, 4.69) is 12.2 Å². The molecule has 1 saturated heterocycles. The molecule has 7 heteroatoms. The van der Waals surface area contributed by atoms with Crippen LogP contribution in [0.2, 0.25) is 0 Å². The smallest absolute Gasteiger partial charge is 0.326 e. The van der Waals surface area contributed by atoms with Gasteiger partial charge in [-0.05, 0) is 18.8 Å². The average Bonchev–Trinajstić information content (AvgIpc) is 2.38. The maximum atomic E-state index is 11.9. The molecule has 0 radical (unpaired) electrons. The van der Waals surface area contributed by atoms with Crippen LogP contribution in [0.4, 0.5) is 4.79 Å². The number of carboxylic acids is 2. The molecule has 7 nitrogen and oxygen atoms in total. The molecule has 20 heavy (non-hydrogen) atoms. The van der Waals surface area contributed by atoms with Gasteiger partial charge in [-0.1, -0.05) is 19.8 Å². The number of nitrogens with zero attached hydrogens (tertiary/aromatic N) is 1. The third-order valence-electron chi connectivity index (χ3n) is 3.57. The molecule has 0 aromatic rings. The topological polar surface area (TPSA) is 107 Å². The lowest BCUT2D eigenvalue weighted by Gasteiger charge is -2.32. The fourth-order valence-electron chi connectivity index (χ4n) is 2.45. The summed E-state index contributed by atoms with van der Waals surface area (Å²) in [5.74, 6) is -1.96. The fraction of sp³-hybridized carbons (Fsp3) is 0.769. The van der Waals surface area contributed by atoms with Gasteiger partial charge >= 0.3 is 18.0 Å². The van der Waals surface area contributed by atoms with E-state index in [1.54, 1.807) is 4.90 Å². The number of hydrogen-bond donors (Lipinski definition) is 3. The number of urea groups is 1. The highest BCUT2D eigenvalue weighted by atomic mass is 16.4. The number of carboxylic acid groups (broad SMARTS) is 2. The summed E-state index contributed by atoms with van der Waals surface area (Å²) in [6.45, 7) is 3.31. The van der Waals surface area contributed by atoms with Crippen LogP contribution in [0.3, 0.4) is 0 Å². The van der Waals surface area contributed by atoms with Crippen molar-refractivity contribution in [3.05, 3.63) is 0 Å². The van der Waals surface area contributed by atoms with E-state index in [0.717, 1.165) is 25.7 Å². The lowest BCUT2D eigenvalue weighted by Crippen LogP contribution is -2.50. The van der Waals surface area contributed by atoms with E-state index >= 15 is 0 Å². The molecule has 114 valence electrons. The minimum atomic E-state index is -1.38. The van der Waals surface area contributed by atoms with Crippen molar-refractivity contribution >= 4 is 18.0 Å². The molecule has 0 aromatic heterocycles. The van der Waals surface area contributed by atoms with Gasteiger partial charge < -0.3 is 20.4 Å². The lowest BCUT2D eigenvalue weighted by atomic mass is 9.93. The number of rotatable bonds is 6. The van der Waals surface area contributed by atoms with Crippen LogP contribution < -0.4 is 5.32 Å². The summed E-state index contributed by atoms with van der Waals surface area (Å²) in [5, 5.41) is 19.8. The number of hydrogen-bond acceptors (Lipinski definition) is 3. The van der Waals surface area contributed by atoms with Gasteiger partial charge in [0.05, 0.1) is 6.42 Å². The first kappa shape index (κ1) is 16.3. The number of carbonyl (C=O) groups excluding carboxylic acids is 1. The molecule has 1 heterocycles. The first-order valence-electron chi connectivity index (χ1n) is 6.94. The number of nitrogens with one attached hydrogen (secondary N) is 1. The van der Waals surface area contributed by atoms with Crippen molar-refractivity contribution in [2.24, 2.45) is 5.92 Å². The number of likely N-dealkylation sites (tertiary alicyclic amines) is 1. The summed E-state index contributed by atoms with van der Waals surface area (Å²) in [4.78, 5) is 34.9. The van der Waals surface area contributed by atoms with E-state index < -0.39 is 30.4 Å². The van der Waals surface area contributed by atoms with E-state index in [1.807, 2.05) is 0 Å². The van der Waals surface area contributed by atoms with E-state index in [1.165, 1.54) is 0 Å². The number of aliphatic carboxylic acids is 2. The van der Waals surface area contributed by atoms with E-state index in [9.17, 15) is 14.4 Å². The van der Waals surface area contributed by atoms with Crippen molar-refractivity contribution in [1.82, 2.24) is 10.2 Å². The van der Waals surface area contributed by atoms with Crippen LogP contribution in [-0.4, -0.2) is 52.2 Å². The molecule has 3 N–H and O–H groups in total. The molecule has 0 unspecified atom stereocenters. The highest BCUT2D eigenvalue weighted by molar-refractivity contribution is 5.86. The van der Waals surface area contributed by atoms with Crippen molar-refractivity contribution in [3.63, 3.8) is 0 Å². The van der Waals surface area contributed by atoms with Crippen molar-refractivity contribution in [1.29, 1.82) is 0 Å². The maximum Gasteiger partial charge on any atom is 0.326 e. The van der Waals surface area contributed by atoms with Crippen LogP contribution in [0.15, 0.2) is 0 Å². The summed E-state index contributed by atoms with van der Waals surface area (Å²) < 4.78 is 0. The molecule has 0 spiro atoms. The van der Waals surface area contributed by atoms with Crippen molar-refractivity contribution in [3.8, 4) is 0 Å². The molecule has 0 saturated carbocycles. The zero-order chi connectivity index (χ0) is 15.1. The van der Waals surface area contributed by atoms with Gasteiger partial charge in [-0.25, -0.2) is 9.59 Å². The zero-order valence-electron chi connectivity index (χ0n) is 11.7. The Bertz CT molecular complexity index is 364. The van der Waals surface area contributed by atoms with Gasteiger partial charge in [-0.3, -0.25) is 4.79 Å². The average molecular weight is 286 g/mol.